The van der Waals surface area contributed by atoms with Gasteiger partial charge >= 0.3 is 0 Å². The van der Waals surface area contributed by atoms with Crippen LogP contribution in [-0.4, -0.2) is 15.0 Å². The van der Waals surface area contributed by atoms with Crippen molar-refractivity contribution in [2.75, 3.05) is 0 Å². The molecule has 2 heterocycles. The monoisotopic (exact) mass is 302 g/mol. The SMILES string of the molecule is N#C/C(=C\c1nc2ccccc2s1)c1nc2ccccc2[nH]1. The van der Waals surface area contributed by atoms with Gasteiger partial charge in [0, 0.05) is 0 Å². The van der Waals surface area contributed by atoms with Gasteiger partial charge in [-0.15, -0.1) is 11.3 Å². The summed E-state index contributed by atoms with van der Waals surface area (Å²) in [7, 11) is 0. The topological polar surface area (TPSA) is 65.4 Å². The zero-order valence-corrected chi connectivity index (χ0v) is 12.3. The first-order valence-corrected chi connectivity index (χ1v) is 7.57. The average Bonchev–Trinajstić information content (AvgIpc) is 3.15. The number of thiazole rings is 1. The van der Waals surface area contributed by atoms with Crippen molar-refractivity contribution in [1.29, 1.82) is 5.26 Å². The first-order valence-electron chi connectivity index (χ1n) is 6.76. The molecule has 0 aliphatic heterocycles. The van der Waals surface area contributed by atoms with Gasteiger partial charge in [-0.25, -0.2) is 9.97 Å². The molecule has 0 aliphatic rings. The Kier molecular flexibility index (Phi) is 2.95. The zero-order chi connectivity index (χ0) is 14.9. The van der Waals surface area contributed by atoms with Crippen molar-refractivity contribution in [2.24, 2.45) is 0 Å². The van der Waals surface area contributed by atoms with Gasteiger partial charge in [-0.2, -0.15) is 5.26 Å². The second kappa shape index (κ2) is 5.10. The van der Waals surface area contributed by atoms with Crippen molar-refractivity contribution >= 4 is 44.2 Å². The van der Waals surface area contributed by atoms with E-state index in [0.717, 1.165) is 26.3 Å². The number of nitrogens with one attached hydrogen (secondary N) is 1. The molecule has 0 unspecified atom stereocenters. The molecular formula is C17H10N4S. The highest BCUT2D eigenvalue weighted by Crippen LogP contribution is 2.25. The molecule has 0 fully saturated rings. The Bertz CT molecular complexity index is 983. The van der Waals surface area contributed by atoms with Crippen LogP contribution in [0, 0.1) is 11.3 Å². The molecule has 0 saturated carbocycles. The molecule has 0 bridgehead atoms. The molecule has 2 aromatic carbocycles. The molecular weight excluding hydrogens is 292 g/mol. The Morgan fingerprint density at radius 2 is 1.82 bits per heavy atom. The standard InChI is InChI=1S/C17H10N4S/c18-10-11(17-20-12-5-1-2-6-13(12)21-17)9-16-19-14-7-3-4-8-15(14)22-16/h1-9H,(H,20,21)/b11-9+. The van der Waals surface area contributed by atoms with E-state index in [1.54, 1.807) is 17.4 Å². The van der Waals surface area contributed by atoms with Gasteiger partial charge in [0.25, 0.3) is 0 Å². The second-order valence-electron chi connectivity index (χ2n) is 4.79. The molecule has 0 radical (unpaired) electrons. The summed E-state index contributed by atoms with van der Waals surface area (Å²) in [5, 5.41) is 10.2. The molecule has 4 nitrogen and oxygen atoms in total. The highest BCUT2D eigenvalue weighted by molar-refractivity contribution is 7.19. The Morgan fingerprint density at radius 1 is 1.05 bits per heavy atom. The summed E-state index contributed by atoms with van der Waals surface area (Å²) in [6.07, 6.45) is 1.78. The number of benzene rings is 2. The van der Waals surface area contributed by atoms with E-state index in [4.69, 9.17) is 0 Å². The van der Waals surface area contributed by atoms with Crippen LogP contribution in [0.25, 0.3) is 32.9 Å². The van der Waals surface area contributed by atoms with Crippen molar-refractivity contribution in [3.05, 3.63) is 59.4 Å². The van der Waals surface area contributed by atoms with Gasteiger partial charge in [0.2, 0.25) is 0 Å². The lowest BCUT2D eigenvalue weighted by molar-refractivity contribution is 1.27. The van der Waals surface area contributed by atoms with E-state index >= 15 is 0 Å². The minimum Gasteiger partial charge on any atom is -0.337 e. The van der Waals surface area contributed by atoms with Crippen molar-refractivity contribution in [1.82, 2.24) is 15.0 Å². The number of aromatic amines is 1. The van der Waals surface area contributed by atoms with Gasteiger partial charge < -0.3 is 4.98 Å². The van der Waals surface area contributed by atoms with E-state index in [0.29, 0.717) is 11.4 Å². The molecule has 2 aromatic heterocycles. The van der Waals surface area contributed by atoms with Crippen LogP contribution in [0.2, 0.25) is 0 Å². The smallest absolute Gasteiger partial charge is 0.149 e. The number of aromatic nitrogens is 3. The first-order chi connectivity index (χ1) is 10.8. The number of fused-ring (bicyclic) bond motifs is 2. The summed E-state index contributed by atoms with van der Waals surface area (Å²) in [4.78, 5) is 12.2. The minimum atomic E-state index is 0.482. The molecule has 0 aliphatic carbocycles. The van der Waals surface area contributed by atoms with Crippen LogP contribution in [-0.2, 0) is 0 Å². The summed E-state index contributed by atoms with van der Waals surface area (Å²) >= 11 is 1.56. The number of H-pyrrole nitrogens is 1. The first kappa shape index (κ1) is 12.7. The molecule has 104 valence electrons. The molecule has 0 amide bonds. The molecule has 5 heteroatoms. The number of para-hydroxylation sites is 3. The normalized spacial score (nSPS) is 11.9. The molecule has 0 saturated heterocycles. The number of hydrogen-bond donors (Lipinski definition) is 1. The van der Waals surface area contributed by atoms with Gasteiger partial charge in [-0.05, 0) is 30.3 Å². The number of imidazole rings is 1. The molecule has 4 rings (SSSR count). The van der Waals surface area contributed by atoms with Gasteiger partial charge in [0.05, 0.1) is 26.8 Å². The van der Waals surface area contributed by atoms with E-state index in [2.05, 4.69) is 21.0 Å². The van der Waals surface area contributed by atoms with Gasteiger partial charge in [0.15, 0.2) is 0 Å². The molecule has 22 heavy (non-hydrogen) atoms. The maximum absolute atomic E-state index is 9.44. The lowest BCUT2D eigenvalue weighted by Crippen LogP contribution is -1.84. The van der Waals surface area contributed by atoms with Crippen molar-refractivity contribution in [3.63, 3.8) is 0 Å². The number of nitriles is 1. The summed E-state index contributed by atoms with van der Waals surface area (Å²) < 4.78 is 1.11. The van der Waals surface area contributed by atoms with Crippen LogP contribution >= 0.6 is 11.3 Å². The van der Waals surface area contributed by atoms with Crippen LogP contribution in [0.15, 0.2) is 48.5 Å². The summed E-state index contributed by atoms with van der Waals surface area (Å²) in [5.74, 6) is 0.572. The maximum Gasteiger partial charge on any atom is 0.149 e. The second-order valence-corrected chi connectivity index (χ2v) is 5.85. The Balaban J connectivity index is 1.82. The van der Waals surface area contributed by atoms with E-state index in [1.165, 1.54) is 0 Å². The largest absolute Gasteiger partial charge is 0.337 e. The van der Waals surface area contributed by atoms with E-state index < -0.39 is 0 Å². The molecule has 0 atom stereocenters. The Labute approximate surface area is 130 Å². The fourth-order valence-electron chi connectivity index (χ4n) is 2.31. The van der Waals surface area contributed by atoms with E-state index in [-0.39, 0.29) is 0 Å². The summed E-state index contributed by atoms with van der Waals surface area (Å²) in [6, 6.07) is 17.9. The third-order valence-corrected chi connectivity index (χ3v) is 4.33. The van der Waals surface area contributed by atoms with Crippen molar-refractivity contribution < 1.29 is 0 Å². The predicted octanol–water partition coefficient (Wildman–Crippen LogP) is 4.24. The van der Waals surface area contributed by atoms with Crippen LogP contribution < -0.4 is 0 Å². The lowest BCUT2D eigenvalue weighted by atomic mass is 10.2. The predicted molar refractivity (Wildman–Crippen MR) is 89.2 cm³/mol. The highest BCUT2D eigenvalue weighted by atomic mass is 32.1. The van der Waals surface area contributed by atoms with Crippen molar-refractivity contribution in [3.8, 4) is 6.07 Å². The fraction of sp³-hybridized carbons (Fsp3) is 0. The number of nitrogens with zero attached hydrogens (tertiary/aromatic N) is 3. The summed E-state index contributed by atoms with van der Waals surface area (Å²) in [6.45, 7) is 0. The number of hydrogen-bond acceptors (Lipinski definition) is 4. The summed E-state index contributed by atoms with van der Waals surface area (Å²) in [5.41, 5.74) is 3.20. The van der Waals surface area contributed by atoms with Gasteiger partial charge in [-0.1, -0.05) is 24.3 Å². The van der Waals surface area contributed by atoms with Gasteiger partial charge in [-0.3, -0.25) is 0 Å². The van der Waals surface area contributed by atoms with Crippen LogP contribution in [0.1, 0.15) is 10.8 Å². The number of rotatable bonds is 2. The Hall–Kier alpha value is -2.97. The molecule has 4 aromatic rings. The third kappa shape index (κ3) is 2.16. The fourth-order valence-corrected chi connectivity index (χ4v) is 3.22. The molecule has 0 spiro atoms. The van der Waals surface area contributed by atoms with Crippen LogP contribution in [0.4, 0.5) is 0 Å². The number of allylic oxidation sites excluding steroid dienone is 1. The van der Waals surface area contributed by atoms with Crippen molar-refractivity contribution in [2.45, 2.75) is 0 Å². The quantitative estimate of drug-likeness (QED) is 0.563. The maximum atomic E-state index is 9.44. The highest BCUT2D eigenvalue weighted by Gasteiger charge is 2.09. The zero-order valence-electron chi connectivity index (χ0n) is 11.4. The lowest BCUT2D eigenvalue weighted by Gasteiger charge is -1.90. The van der Waals surface area contributed by atoms with Crippen LogP contribution in [0.3, 0.4) is 0 Å². The van der Waals surface area contributed by atoms with Gasteiger partial charge in [0.1, 0.15) is 16.9 Å². The molecule has 1 N–H and O–H groups in total. The minimum absolute atomic E-state index is 0.482. The van der Waals surface area contributed by atoms with E-state index in [1.807, 2.05) is 48.5 Å². The Morgan fingerprint density at radius 3 is 2.59 bits per heavy atom. The van der Waals surface area contributed by atoms with E-state index in [9.17, 15) is 5.26 Å². The van der Waals surface area contributed by atoms with Crippen LogP contribution in [0.5, 0.6) is 0 Å². The average molecular weight is 302 g/mol. The third-order valence-electron chi connectivity index (χ3n) is 3.34.